The predicted molar refractivity (Wildman–Crippen MR) is 132 cm³/mol. The molecule has 1 aliphatic rings. The number of halogens is 3. The highest BCUT2D eigenvalue weighted by molar-refractivity contribution is 9.10. The van der Waals surface area contributed by atoms with Gasteiger partial charge in [0.05, 0.1) is 15.9 Å². The van der Waals surface area contributed by atoms with Gasteiger partial charge in [-0.15, -0.1) is 0 Å². The van der Waals surface area contributed by atoms with Gasteiger partial charge in [0.15, 0.2) is 0 Å². The summed E-state index contributed by atoms with van der Waals surface area (Å²) in [5.41, 5.74) is 4.14. The Hall–Kier alpha value is -3.43. The largest absolute Gasteiger partial charge is 0.481 e. The Kier molecular flexibility index (Phi) is 7.37. The number of fused-ring (bicyclic) bond motifs is 3. The first-order valence-corrected chi connectivity index (χ1v) is 11.7. The van der Waals surface area contributed by atoms with Crippen LogP contribution < -0.4 is 10.6 Å². The number of rotatable bonds is 7. The maximum Gasteiger partial charge on any atom is 0.407 e. The van der Waals surface area contributed by atoms with Gasteiger partial charge in [0.2, 0.25) is 5.91 Å². The lowest BCUT2D eigenvalue weighted by Crippen LogP contribution is -2.45. The third kappa shape index (κ3) is 5.47. The van der Waals surface area contributed by atoms with E-state index in [9.17, 15) is 23.9 Å². The fourth-order valence-corrected chi connectivity index (χ4v) is 4.46. The summed E-state index contributed by atoms with van der Waals surface area (Å²) in [7, 11) is 0. The number of ether oxygens (including phenoxy) is 1. The number of amides is 2. The molecular weight excluding hydrogens is 543 g/mol. The second-order valence-corrected chi connectivity index (χ2v) is 9.06. The summed E-state index contributed by atoms with van der Waals surface area (Å²) in [4.78, 5) is 36.5. The molecule has 0 saturated carbocycles. The number of aliphatic carboxylic acids is 1. The van der Waals surface area contributed by atoms with Gasteiger partial charge in [0.25, 0.3) is 0 Å². The average molecular weight is 562 g/mol. The van der Waals surface area contributed by atoms with Crippen molar-refractivity contribution in [1.82, 2.24) is 5.32 Å². The Balaban J connectivity index is 1.44. The third-order valence-electron chi connectivity index (χ3n) is 5.58. The van der Waals surface area contributed by atoms with Crippen LogP contribution in [-0.4, -0.2) is 35.7 Å². The van der Waals surface area contributed by atoms with Crippen molar-refractivity contribution in [3.63, 3.8) is 0 Å². The topological polar surface area (TPSA) is 105 Å². The first-order chi connectivity index (χ1) is 16.7. The molecule has 10 heteroatoms. The highest BCUT2D eigenvalue weighted by Gasteiger charge is 2.30. The molecule has 3 aromatic carbocycles. The van der Waals surface area contributed by atoms with Gasteiger partial charge in [0.1, 0.15) is 18.5 Å². The van der Waals surface area contributed by atoms with Crippen molar-refractivity contribution in [1.29, 1.82) is 0 Å². The molecular formula is C25H19BrClFN2O5. The van der Waals surface area contributed by atoms with Crippen molar-refractivity contribution in [3.8, 4) is 11.1 Å². The summed E-state index contributed by atoms with van der Waals surface area (Å²) < 4.78 is 19.3. The monoisotopic (exact) mass is 560 g/mol. The van der Waals surface area contributed by atoms with Gasteiger partial charge in [-0.2, -0.15) is 0 Å². The van der Waals surface area contributed by atoms with Gasteiger partial charge in [-0.05, 0) is 50.3 Å². The summed E-state index contributed by atoms with van der Waals surface area (Å²) in [6.45, 7) is -0.00516. The first-order valence-electron chi connectivity index (χ1n) is 10.5. The summed E-state index contributed by atoms with van der Waals surface area (Å²) >= 11 is 8.87. The number of alkyl carbamates (subject to hydrolysis) is 1. The number of anilines is 1. The molecule has 7 nitrogen and oxygen atoms in total. The summed E-state index contributed by atoms with van der Waals surface area (Å²) in [6.07, 6.45) is -1.66. The van der Waals surface area contributed by atoms with Crippen LogP contribution in [0, 0.1) is 5.82 Å². The van der Waals surface area contributed by atoms with E-state index in [4.69, 9.17) is 16.3 Å². The molecule has 0 aliphatic heterocycles. The Bertz CT molecular complexity index is 1250. The van der Waals surface area contributed by atoms with Crippen LogP contribution in [0.4, 0.5) is 14.9 Å². The number of hydrogen-bond donors (Lipinski definition) is 3. The lowest BCUT2D eigenvalue weighted by molar-refractivity contribution is -0.139. The minimum atomic E-state index is -1.46. The SMILES string of the molecule is O=C(O)CC(NC(=O)OCC1c2ccccc2-c2ccccc21)C(=O)Nc1cc(F)c(Br)c(Cl)c1. The molecule has 0 aromatic heterocycles. The fourth-order valence-electron chi connectivity index (χ4n) is 4.02. The van der Waals surface area contributed by atoms with Gasteiger partial charge in [-0.3, -0.25) is 9.59 Å². The zero-order chi connectivity index (χ0) is 25.1. The summed E-state index contributed by atoms with van der Waals surface area (Å²) in [5.74, 6) is -3.09. The van der Waals surface area contributed by atoms with E-state index in [0.29, 0.717) is 0 Å². The van der Waals surface area contributed by atoms with E-state index < -0.39 is 36.2 Å². The van der Waals surface area contributed by atoms with Crippen molar-refractivity contribution in [2.75, 3.05) is 11.9 Å². The highest BCUT2D eigenvalue weighted by Crippen LogP contribution is 2.44. The molecule has 35 heavy (non-hydrogen) atoms. The predicted octanol–water partition coefficient (Wildman–Crippen LogP) is 5.56. The molecule has 4 rings (SSSR count). The van der Waals surface area contributed by atoms with Crippen LogP contribution in [0.25, 0.3) is 11.1 Å². The van der Waals surface area contributed by atoms with E-state index in [1.54, 1.807) is 0 Å². The number of benzene rings is 3. The average Bonchev–Trinajstić information content (AvgIpc) is 3.14. The van der Waals surface area contributed by atoms with Crippen LogP contribution in [-0.2, 0) is 14.3 Å². The van der Waals surface area contributed by atoms with Crippen LogP contribution in [0.15, 0.2) is 65.1 Å². The zero-order valence-electron chi connectivity index (χ0n) is 18.1. The fraction of sp³-hybridized carbons (Fsp3) is 0.160. The Morgan fingerprint density at radius 1 is 1.06 bits per heavy atom. The first kappa shape index (κ1) is 24.7. The molecule has 1 unspecified atom stereocenters. The molecule has 1 aliphatic carbocycles. The molecule has 0 bridgehead atoms. The van der Waals surface area contributed by atoms with Gasteiger partial charge in [-0.1, -0.05) is 60.1 Å². The molecule has 1 atom stereocenters. The number of carbonyl (C=O) groups is 3. The summed E-state index contributed by atoms with van der Waals surface area (Å²) in [6, 6.07) is 16.4. The number of carbonyl (C=O) groups excluding carboxylic acids is 2. The smallest absolute Gasteiger partial charge is 0.407 e. The van der Waals surface area contributed by atoms with Crippen LogP contribution in [0.5, 0.6) is 0 Å². The number of nitrogens with one attached hydrogen (secondary N) is 2. The van der Waals surface area contributed by atoms with Gasteiger partial charge in [0, 0.05) is 11.6 Å². The van der Waals surface area contributed by atoms with E-state index in [-0.39, 0.29) is 27.7 Å². The Morgan fingerprint density at radius 3 is 2.23 bits per heavy atom. The Morgan fingerprint density at radius 2 is 1.66 bits per heavy atom. The number of carboxylic acid groups (broad SMARTS) is 1. The minimum Gasteiger partial charge on any atom is -0.481 e. The minimum absolute atomic E-state index is 0.00502. The number of carboxylic acids is 1. The maximum atomic E-state index is 13.9. The number of hydrogen-bond acceptors (Lipinski definition) is 4. The second kappa shape index (κ2) is 10.5. The van der Waals surface area contributed by atoms with Crippen LogP contribution in [0.2, 0.25) is 5.02 Å². The van der Waals surface area contributed by atoms with E-state index >= 15 is 0 Å². The van der Waals surface area contributed by atoms with Crippen LogP contribution in [0.1, 0.15) is 23.5 Å². The Labute approximate surface area is 213 Å². The van der Waals surface area contributed by atoms with Crippen molar-refractivity contribution < 1.29 is 28.6 Å². The molecule has 0 heterocycles. The van der Waals surface area contributed by atoms with Crippen molar-refractivity contribution >= 4 is 51.2 Å². The van der Waals surface area contributed by atoms with E-state index in [1.807, 2.05) is 48.5 Å². The van der Waals surface area contributed by atoms with Crippen molar-refractivity contribution in [2.45, 2.75) is 18.4 Å². The van der Waals surface area contributed by atoms with Crippen LogP contribution >= 0.6 is 27.5 Å². The standard InChI is InChI=1S/C25H19BrClFN2O5/c26-23-19(27)9-13(10-20(23)28)29-24(33)21(11-22(31)32)30-25(34)35-12-18-16-7-3-1-5-14(16)15-6-2-4-8-17(15)18/h1-10,18,21H,11-12H2,(H,29,33)(H,30,34)(H,31,32). The summed E-state index contributed by atoms with van der Waals surface area (Å²) in [5, 5.41) is 13.9. The quantitative estimate of drug-likeness (QED) is 0.328. The second-order valence-electron chi connectivity index (χ2n) is 7.86. The molecule has 0 spiro atoms. The zero-order valence-corrected chi connectivity index (χ0v) is 20.4. The lowest BCUT2D eigenvalue weighted by Gasteiger charge is -2.19. The lowest BCUT2D eigenvalue weighted by atomic mass is 9.98. The van der Waals surface area contributed by atoms with Crippen LogP contribution in [0.3, 0.4) is 0 Å². The van der Waals surface area contributed by atoms with E-state index in [2.05, 4.69) is 26.6 Å². The highest BCUT2D eigenvalue weighted by atomic mass is 79.9. The van der Waals surface area contributed by atoms with Gasteiger partial charge >= 0.3 is 12.1 Å². The van der Waals surface area contributed by atoms with Gasteiger partial charge in [-0.25, -0.2) is 9.18 Å². The normalized spacial score (nSPS) is 12.9. The maximum absolute atomic E-state index is 13.9. The van der Waals surface area contributed by atoms with E-state index in [0.717, 1.165) is 28.3 Å². The molecule has 3 aromatic rings. The van der Waals surface area contributed by atoms with Crippen molar-refractivity contribution in [2.24, 2.45) is 0 Å². The molecule has 180 valence electrons. The molecule has 0 fully saturated rings. The molecule has 3 N–H and O–H groups in total. The molecule has 0 saturated heterocycles. The van der Waals surface area contributed by atoms with Gasteiger partial charge < -0.3 is 20.5 Å². The molecule has 2 amide bonds. The van der Waals surface area contributed by atoms with Crippen molar-refractivity contribution in [3.05, 3.63) is 87.1 Å². The third-order valence-corrected chi connectivity index (χ3v) is 6.91. The molecule has 0 radical (unpaired) electrons. The van der Waals surface area contributed by atoms with E-state index in [1.165, 1.54) is 6.07 Å².